The van der Waals surface area contributed by atoms with Crippen LogP contribution in [0.25, 0.3) is 11.2 Å². The standard InChI is InChI=1S/C19H23ClN8O3/c20-13-4-14(22-7-21-13)27-2-1-11(5-27)26-18-15-19(24-8-23-18)28(9-25-15)12-3-10(6-29)16(30)17(12)31/h4,7-12,16-17,29-31H,1-3,5-6H2,(H,23,24,26)/t10-,11+,12-,16+,17-/m1/s1. The Morgan fingerprint density at radius 2 is 1.94 bits per heavy atom. The number of imidazole rings is 1. The highest BCUT2D eigenvalue weighted by atomic mass is 35.5. The van der Waals surface area contributed by atoms with Crippen LogP contribution in [-0.2, 0) is 0 Å². The third-order valence-corrected chi connectivity index (χ3v) is 6.40. The summed E-state index contributed by atoms with van der Waals surface area (Å²) in [5.41, 5.74) is 1.17. The highest BCUT2D eigenvalue weighted by Gasteiger charge is 2.42. The van der Waals surface area contributed by atoms with E-state index in [1.807, 2.05) is 0 Å². The molecule has 11 nitrogen and oxygen atoms in total. The number of nitrogens with zero attached hydrogens (tertiary/aromatic N) is 7. The van der Waals surface area contributed by atoms with E-state index < -0.39 is 18.2 Å². The number of aliphatic hydroxyl groups is 3. The maximum Gasteiger partial charge on any atom is 0.165 e. The molecule has 1 aliphatic carbocycles. The molecule has 1 saturated heterocycles. The molecule has 0 radical (unpaired) electrons. The Balaban J connectivity index is 1.35. The molecule has 0 amide bonds. The summed E-state index contributed by atoms with van der Waals surface area (Å²) >= 11 is 5.98. The lowest BCUT2D eigenvalue weighted by molar-refractivity contribution is -0.00370. The van der Waals surface area contributed by atoms with Crippen molar-refractivity contribution in [1.82, 2.24) is 29.5 Å². The van der Waals surface area contributed by atoms with Gasteiger partial charge in [-0.1, -0.05) is 11.6 Å². The van der Waals surface area contributed by atoms with Crippen LogP contribution in [-0.4, -0.2) is 82.8 Å². The zero-order valence-electron chi connectivity index (χ0n) is 16.6. The van der Waals surface area contributed by atoms with Crippen LogP contribution >= 0.6 is 11.6 Å². The average Bonchev–Trinajstić information content (AvgIpc) is 3.47. The molecule has 5 atom stereocenters. The van der Waals surface area contributed by atoms with Crippen LogP contribution in [0.15, 0.2) is 25.0 Å². The van der Waals surface area contributed by atoms with Crippen molar-refractivity contribution in [2.45, 2.75) is 37.1 Å². The molecule has 2 fully saturated rings. The quantitative estimate of drug-likeness (QED) is 0.402. The van der Waals surface area contributed by atoms with Crippen molar-refractivity contribution in [1.29, 1.82) is 0 Å². The van der Waals surface area contributed by atoms with Gasteiger partial charge < -0.3 is 30.1 Å². The lowest BCUT2D eigenvalue weighted by Gasteiger charge is -2.19. The Labute approximate surface area is 182 Å². The molecule has 164 valence electrons. The number of hydrogen-bond donors (Lipinski definition) is 4. The monoisotopic (exact) mass is 446 g/mol. The van der Waals surface area contributed by atoms with Crippen molar-refractivity contribution in [3.8, 4) is 0 Å². The Morgan fingerprint density at radius 3 is 2.71 bits per heavy atom. The average molecular weight is 447 g/mol. The van der Waals surface area contributed by atoms with E-state index in [4.69, 9.17) is 11.6 Å². The molecule has 3 aromatic rings. The minimum absolute atomic E-state index is 0.134. The lowest BCUT2D eigenvalue weighted by Crippen LogP contribution is -2.30. The summed E-state index contributed by atoms with van der Waals surface area (Å²) in [6.07, 6.45) is 3.87. The summed E-state index contributed by atoms with van der Waals surface area (Å²) in [7, 11) is 0. The predicted octanol–water partition coefficient (Wildman–Crippen LogP) is 0.236. The molecule has 31 heavy (non-hydrogen) atoms. The second kappa shape index (κ2) is 8.15. The smallest absolute Gasteiger partial charge is 0.165 e. The third kappa shape index (κ3) is 3.67. The zero-order chi connectivity index (χ0) is 21.5. The second-order valence-corrected chi connectivity index (χ2v) is 8.44. The normalized spacial score (nSPS) is 28.5. The Hall–Kier alpha value is -2.60. The van der Waals surface area contributed by atoms with Gasteiger partial charge in [0.15, 0.2) is 11.5 Å². The molecule has 0 aromatic carbocycles. The Morgan fingerprint density at radius 1 is 1.10 bits per heavy atom. The van der Waals surface area contributed by atoms with E-state index in [1.54, 1.807) is 17.0 Å². The van der Waals surface area contributed by atoms with Gasteiger partial charge in [-0.05, 0) is 12.8 Å². The fourth-order valence-electron chi connectivity index (χ4n) is 4.53. The van der Waals surface area contributed by atoms with Gasteiger partial charge in [0.05, 0.1) is 18.5 Å². The van der Waals surface area contributed by atoms with Crippen LogP contribution in [0.5, 0.6) is 0 Å². The molecule has 0 spiro atoms. The summed E-state index contributed by atoms with van der Waals surface area (Å²) in [4.78, 5) is 23.5. The molecule has 0 bridgehead atoms. The number of nitrogens with one attached hydrogen (secondary N) is 1. The molecule has 1 aliphatic heterocycles. The van der Waals surface area contributed by atoms with Crippen LogP contribution in [0.4, 0.5) is 11.6 Å². The first kappa shape index (κ1) is 20.3. The van der Waals surface area contributed by atoms with E-state index in [0.29, 0.717) is 28.6 Å². The second-order valence-electron chi connectivity index (χ2n) is 8.05. The maximum atomic E-state index is 10.5. The molecular weight excluding hydrogens is 424 g/mol. The Kier molecular flexibility index (Phi) is 5.34. The van der Waals surface area contributed by atoms with E-state index in [2.05, 4.69) is 35.1 Å². The van der Waals surface area contributed by atoms with Crippen LogP contribution in [0.3, 0.4) is 0 Å². The first-order chi connectivity index (χ1) is 15.0. The summed E-state index contributed by atoms with van der Waals surface area (Å²) in [6, 6.07) is 1.47. The van der Waals surface area contributed by atoms with Crippen molar-refractivity contribution in [2.75, 3.05) is 29.9 Å². The van der Waals surface area contributed by atoms with Gasteiger partial charge in [0.1, 0.15) is 35.2 Å². The van der Waals surface area contributed by atoms with Crippen molar-refractivity contribution < 1.29 is 15.3 Å². The Bertz CT molecular complexity index is 1080. The number of halogens is 1. The number of aliphatic hydroxyl groups excluding tert-OH is 3. The number of hydrogen-bond acceptors (Lipinski definition) is 10. The number of fused-ring (bicyclic) bond motifs is 1. The molecule has 4 heterocycles. The predicted molar refractivity (Wildman–Crippen MR) is 113 cm³/mol. The van der Waals surface area contributed by atoms with Crippen molar-refractivity contribution in [2.24, 2.45) is 5.92 Å². The summed E-state index contributed by atoms with van der Waals surface area (Å²) in [5, 5.41) is 33.9. The highest BCUT2D eigenvalue weighted by molar-refractivity contribution is 6.29. The van der Waals surface area contributed by atoms with Gasteiger partial charge in [0.25, 0.3) is 0 Å². The van der Waals surface area contributed by atoms with Crippen LogP contribution in [0, 0.1) is 5.92 Å². The van der Waals surface area contributed by atoms with Gasteiger partial charge >= 0.3 is 0 Å². The first-order valence-corrected chi connectivity index (χ1v) is 10.6. The maximum absolute atomic E-state index is 10.5. The van der Waals surface area contributed by atoms with Crippen LogP contribution in [0.1, 0.15) is 18.9 Å². The van der Waals surface area contributed by atoms with E-state index in [-0.39, 0.29) is 18.6 Å². The van der Waals surface area contributed by atoms with Crippen molar-refractivity contribution in [3.63, 3.8) is 0 Å². The van der Waals surface area contributed by atoms with E-state index in [9.17, 15) is 15.3 Å². The SMILES string of the molecule is OC[C@H]1C[C@@H](n2cnc3c(N[C@H]4CCN(c5cc(Cl)ncn5)C4)ncnc32)[C@@H](O)[C@H]1O. The van der Waals surface area contributed by atoms with Gasteiger partial charge in [-0.25, -0.2) is 24.9 Å². The zero-order valence-corrected chi connectivity index (χ0v) is 17.3. The number of aromatic nitrogens is 6. The van der Waals surface area contributed by atoms with Gasteiger partial charge in [-0.2, -0.15) is 0 Å². The van der Waals surface area contributed by atoms with Gasteiger partial charge in [0.2, 0.25) is 0 Å². The molecule has 3 aromatic heterocycles. The van der Waals surface area contributed by atoms with Crippen molar-refractivity contribution in [3.05, 3.63) is 30.2 Å². The highest BCUT2D eigenvalue weighted by Crippen LogP contribution is 2.37. The topological polar surface area (TPSA) is 145 Å². The fraction of sp³-hybridized carbons (Fsp3) is 0.526. The molecule has 1 saturated carbocycles. The molecule has 2 aliphatic rings. The van der Waals surface area contributed by atoms with Gasteiger partial charge in [-0.15, -0.1) is 0 Å². The largest absolute Gasteiger partial charge is 0.396 e. The lowest BCUT2D eigenvalue weighted by atomic mass is 10.1. The minimum Gasteiger partial charge on any atom is -0.396 e. The molecule has 12 heteroatoms. The van der Waals surface area contributed by atoms with Gasteiger partial charge in [-0.3, -0.25) is 0 Å². The van der Waals surface area contributed by atoms with Crippen molar-refractivity contribution >= 4 is 34.4 Å². The van der Waals surface area contributed by atoms with E-state index in [0.717, 1.165) is 25.3 Å². The minimum atomic E-state index is -0.996. The summed E-state index contributed by atoms with van der Waals surface area (Å²) < 4.78 is 1.76. The number of anilines is 2. The molecular formula is C19H23ClN8O3. The van der Waals surface area contributed by atoms with Gasteiger partial charge in [0, 0.05) is 37.7 Å². The molecule has 4 N–H and O–H groups in total. The molecule has 0 unspecified atom stereocenters. The van der Waals surface area contributed by atoms with Crippen LogP contribution in [0.2, 0.25) is 5.15 Å². The van der Waals surface area contributed by atoms with Crippen LogP contribution < -0.4 is 10.2 Å². The summed E-state index contributed by atoms with van der Waals surface area (Å²) in [6.45, 7) is 1.37. The summed E-state index contributed by atoms with van der Waals surface area (Å²) in [5.74, 6) is 1.02. The first-order valence-electron chi connectivity index (χ1n) is 10.2. The fourth-order valence-corrected chi connectivity index (χ4v) is 4.67. The van der Waals surface area contributed by atoms with E-state index in [1.165, 1.54) is 12.7 Å². The third-order valence-electron chi connectivity index (χ3n) is 6.19. The van der Waals surface area contributed by atoms with E-state index >= 15 is 0 Å². The molecule has 5 rings (SSSR count). The number of rotatable bonds is 5.